The molecule has 2 amide bonds. The van der Waals surface area contributed by atoms with E-state index in [9.17, 15) is 18.4 Å². The Morgan fingerprint density at radius 1 is 1.16 bits per heavy atom. The fourth-order valence-corrected chi connectivity index (χ4v) is 4.02. The summed E-state index contributed by atoms with van der Waals surface area (Å²) >= 11 is 0. The van der Waals surface area contributed by atoms with Crippen LogP contribution in [0.3, 0.4) is 0 Å². The Hall–Kier alpha value is -2.80. The summed E-state index contributed by atoms with van der Waals surface area (Å²) in [6.07, 6.45) is 1.13. The van der Waals surface area contributed by atoms with Crippen LogP contribution in [0.25, 0.3) is 0 Å². The zero-order valence-corrected chi connectivity index (χ0v) is 18.3. The highest BCUT2D eigenvalue weighted by atomic mass is 19.1. The van der Waals surface area contributed by atoms with Gasteiger partial charge in [0.25, 0.3) is 5.91 Å². The molecule has 1 aliphatic rings. The number of carbonyl (C=O) groups excluding carboxylic acids is 2. The molecule has 2 N–H and O–H groups in total. The van der Waals surface area contributed by atoms with Crippen molar-refractivity contribution in [2.75, 3.05) is 27.7 Å². The third-order valence-electron chi connectivity index (χ3n) is 6.26. The molecule has 0 unspecified atom stereocenters. The molecule has 2 aromatic carbocycles. The molecule has 3 atom stereocenters. The van der Waals surface area contributed by atoms with Crippen molar-refractivity contribution in [2.24, 2.45) is 5.92 Å². The third kappa shape index (κ3) is 4.93. The van der Waals surface area contributed by atoms with Crippen LogP contribution in [-0.2, 0) is 16.6 Å². The van der Waals surface area contributed by atoms with Gasteiger partial charge in [0.05, 0.1) is 0 Å². The Morgan fingerprint density at radius 2 is 1.77 bits per heavy atom. The van der Waals surface area contributed by atoms with Gasteiger partial charge in [-0.2, -0.15) is 0 Å². The molecule has 0 spiro atoms. The van der Waals surface area contributed by atoms with Crippen molar-refractivity contribution in [1.82, 2.24) is 15.5 Å². The van der Waals surface area contributed by atoms with Crippen molar-refractivity contribution in [2.45, 2.75) is 31.2 Å². The normalized spacial score (nSPS) is 20.9. The van der Waals surface area contributed by atoms with Gasteiger partial charge in [0.1, 0.15) is 17.2 Å². The Morgan fingerprint density at radius 3 is 2.32 bits per heavy atom. The van der Waals surface area contributed by atoms with Crippen molar-refractivity contribution < 1.29 is 18.4 Å². The zero-order chi connectivity index (χ0) is 22.8. The first-order chi connectivity index (χ1) is 14.7. The molecule has 0 aromatic heterocycles. The first kappa shape index (κ1) is 22.9. The minimum atomic E-state index is -0.896. The van der Waals surface area contributed by atoms with Crippen LogP contribution in [0.5, 0.6) is 0 Å². The minimum absolute atomic E-state index is 0.00877. The fourth-order valence-electron chi connectivity index (χ4n) is 4.02. The van der Waals surface area contributed by atoms with E-state index >= 15 is 0 Å². The summed E-state index contributed by atoms with van der Waals surface area (Å²) in [4.78, 5) is 26.3. The molecule has 1 aliphatic carbocycles. The van der Waals surface area contributed by atoms with Crippen molar-refractivity contribution in [3.05, 3.63) is 70.8 Å². The quantitative estimate of drug-likeness (QED) is 0.678. The third-order valence-corrected chi connectivity index (χ3v) is 6.26. The largest absolute Gasteiger partial charge is 0.355 e. The Kier molecular flexibility index (Phi) is 6.74. The maximum atomic E-state index is 14.3. The lowest BCUT2D eigenvalue weighted by Crippen LogP contribution is -2.42. The van der Waals surface area contributed by atoms with Crippen LogP contribution in [0.15, 0.2) is 42.5 Å². The topological polar surface area (TPSA) is 61.4 Å². The number of amides is 2. The maximum absolute atomic E-state index is 14.3. The van der Waals surface area contributed by atoms with E-state index in [0.717, 1.165) is 12.0 Å². The van der Waals surface area contributed by atoms with E-state index in [1.807, 2.05) is 49.3 Å². The standard InChI is InChI=1S/C24H29F2N3O2/c1-24(16-8-6-5-7-9-16)13-18(24)22(30)28-14-17(29(3)4)10-15-11-19(25)21(20(26)12-15)23(31)27-2/h5-9,11-12,17-18H,10,13-14H2,1-4H3,(H,27,31)(H,28,30)/t17-,18-,24+/m0/s1. The molecule has 31 heavy (non-hydrogen) atoms. The van der Waals surface area contributed by atoms with Gasteiger partial charge in [0, 0.05) is 31.0 Å². The lowest BCUT2D eigenvalue weighted by atomic mass is 9.95. The number of nitrogens with zero attached hydrogens (tertiary/aromatic N) is 1. The molecule has 3 rings (SSSR count). The molecule has 0 aliphatic heterocycles. The smallest absolute Gasteiger partial charge is 0.256 e. The van der Waals surface area contributed by atoms with Gasteiger partial charge in [-0.3, -0.25) is 9.59 Å². The molecule has 5 nitrogen and oxygen atoms in total. The lowest BCUT2D eigenvalue weighted by molar-refractivity contribution is -0.122. The first-order valence-corrected chi connectivity index (χ1v) is 10.4. The Labute approximate surface area is 181 Å². The lowest BCUT2D eigenvalue weighted by Gasteiger charge is -2.25. The summed E-state index contributed by atoms with van der Waals surface area (Å²) < 4.78 is 28.6. The molecule has 7 heteroatoms. The second kappa shape index (κ2) is 9.14. The molecule has 0 bridgehead atoms. The summed E-state index contributed by atoms with van der Waals surface area (Å²) in [7, 11) is 5.03. The molecule has 1 saturated carbocycles. The second-order valence-electron chi connectivity index (χ2n) is 8.62. The van der Waals surface area contributed by atoms with Crippen LogP contribution < -0.4 is 10.6 Å². The van der Waals surface area contributed by atoms with Gasteiger partial charge < -0.3 is 15.5 Å². The van der Waals surface area contributed by atoms with Gasteiger partial charge >= 0.3 is 0 Å². The molecule has 0 radical (unpaired) electrons. The molecule has 0 heterocycles. The van der Waals surface area contributed by atoms with Gasteiger partial charge in [-0.25, -0.2) is 8.78 Å². The summed E-state index contributed by atoms with van der Waals surface area (Å²) in [5.41, 5.74) is 0.841. The van der Waals surface area contributed by atoms with Gasteiger partial charge in [0.15, 0.2) is 0 Å². The summed E-state index contributed by atoms with van der Waals surface area (Å²) in [5.74, 6) is -2.69. The number of likely N-dealkylation sites (N-methyl/N-ethyl adjacent to an activating group) is 1. The monoisotopic (exact) mass is 429 g/mol. The predicted molar refractivity (Wildman–Crippen MR) is 116 cm³/mol. The van der Waals surface area contributed by atoms with Crippen LogP contribution in [0.4, 0.5) is 8.78 Å². The Bertz CT molecular complexity index is 942. The number of hydrogen-bond donors (Lipinski definition) is 2. The summed E-state index contributed by atoms with van der Waals surface area (Å²) in [5, 5.41) is 5.24. The molecule has 0 saturated heterocycles. The van der Waals surface area contributed by atoms with Crippen LogP contribution in [0.1, 0.15) is 34.8 Å². The van der Waals surface area contributed by atoms with Gasteiger partial charge in [0.2, 0.25) is 5.91 Å². The molecule has 1 fully saturated rings. The van der Waals surface area contributed by atoms with E-state index in [0.29, 0.717) is 18.5 Å². The number of benzene rings is 2. The number of rotatable bonds is 8. The second-order valence-corrected chi connectivity index (χ2v) is 8.62. The number of nitrogens with one attached hydrogen (secondary N) is 2. The van der Waals surface area contributed by atoms with E-state index in [2.05, 4.69) is 17.6 Å². The highest BCUT2D eigenvalue weighted by molar-refractivity contribution is 5.94. The summed E-state index contributed by atoms with van der Waals surface area (Å²) in [6, 6.07) is 12.2. The van der Waals surface area contributed by atoms with E-state index in [-0.39, 0.29) is 23.3 Å². The minimum Gasteiger partial charge on any atom is -0.355 e. The van der Waals surface area contributed by atoms with Gasteiger partial charge in [-0.05, 0) is 50.2 Å². The molecule has 2 aromatic rings. The molecular weight excluding hydrogens is 400 g/mol. The van der Waals surface area contributed by atoms with Crippen LogP contribution in [-0.4, -0.2) is 50.4 Å². The van der Waals surface area contributed by atoms with Gasteiger partial charge in [-0.1, -0.05) is 37.3 Å². The van der Waals surface area contributed by atoms with Crippen molar-refractivity contribution >= 4 is 11.8 Å². The number of hydrogen-bond acceptors (Lipinski definition) is 3. The van der Waals surface area contributed by atoms with Crippen molar-refractivity contribution in [3.63, 3.8) is 0 Å². The summed E-state index contributed by atoms with van der Waals surface area (Å²) in [6.45, 7) is 2.45. The Balaban J connectivity index is 1.64. The fraction of sp³-hybridized carbons (Fsp3) is 0.417. The number of carbonyl (C=O) groups is 2. The SMILES string of the molecule is CNC(=O)c1c(F)cc(C[C@@H](CNC(=O)[C@@H]2C[C@]2(C)c2ccccc2)N(C)C)cc1F. The van der Waals surface area contributed by atoms with E-state index < -0.39 is 23.1 Å². The van der Waals surface area contributed by atoms with Crippen LogP contribution in [0.2, 0.25) is 0 Å². The number of halogens is 2. The maximum Gasteiger partial charge on any atom is 0.256 e. The highest BCUT2D eigenvalue weighted by Gasteiger charge is 2.55. The highest BCUT2D eigenvalue weighted by Crippen LogP contribution is 2.53. The van der Waals surface area contributed by atoms with Crippen molar-refractivity contribution in [1.29, 1.82) is 0 Å². The average Bonchev–Trinajstić information content (AvgIpc) is 3.43. The van der Waals surface area contributed by atoms with E-state index in [1.54, 1.807) is 0 Å². The van der Waals surface area contributed by atoms with E-state index in [4.69, 9.17) is 0 Å². The molecular formula is C24H29F2N3O2. The molecule has 166 valence electrons. The van der Waals surface area contributed by atoms with Crippen LogP contribution in [0, 0.1) is 17.6 Å². The zero-order valence-electron chi connectivity index (χ0n) is 18.3. The first-order valence-electron chi connectivity index (χ1n) is 10.4. The predicted octanol–water partition coefficient (Wildman–Crippen LogP) is 2.89. The van der Waals surface area contributed by atoms with Crippen LogP contribution >= 0.6 is 0 Å². The van der Waals surface area contributed by atoms with E-state index in [1.165, 1.54) is 19.2 Å². The van der Waals surface area contributed by atoms with Gasteiger partial charge in [-0.15, -0.1) is 0 Å². The van der Waals surface area contributed by atoms with Crippen molar-refractivity contribution in [3.8, 4) is 0 Å². The average molecular weight is 430 g/mol.